The maximum absolute atomic E-state index is 12.0. The summed E-state index contributed by atoms with van der Waals surface area (Å²) in [7, 11) is 0. The number of non-ortho nitro benzene ring substituents is 1. The number of hydrogen-bond donors (Lipinski definition) is 4. The number of hydrogen-bond acceptors (Lipinski definition) is 6. The lowest BCUT2D eigenvalue weighted by atomic mass is 9.78. The molecule has 10 nitrogen and oxygen atoms in total. The smallest absolute Gasteiger partial charge is 0.319 e. The second-order valence-electron chi connectivity index (χ2n) is 9.87. The van der Waals surface area contributed by atoms with Gasteiger partial charge in [0.15, 0.2) is 0 Å². The third-order valence-electron chi connectivity index (χ3n) is 4.88. The summed E-state index contributed by atoms with van der Waals surface area (Å²) in [5, 5.41) is 30.3. The molecule has 0 aliphatic carbocycles. The molecule has 0 saturated carbocycles. The highest BCUT2D eigenvalue weighted by Gasteiger charge is 2.26. The molecule has 0 aliphatic rings. The van der Waals surface area contributed by atoms with Crippen molar-refractivity contribution in [2.24, 2.45) is 5.10 Å². The number of nitro groups is 1. The average molecular weight is 470 g/mol. The number of nitro benzene ring substituents is 1. The number of phenolic OH excluding ortho intramolecular Hbond substituents is 1. The van der Waals surface area contributed by atoms with Crippen molar-refractivity contribution < 1.29 is 19.6 Å². The number of phenols is 1. The number of urea groups is 1. The van der Waals surface area contributed by atoms with E-state index in [1.165, 1.54) is 30.5 Å². The van der Waals surface area contributed by atoms with Crippen LogP contribution in [0.1, 0.15) is 58.2 Å². The van der Waals surface area contributed by atoms with Crippen molar-refractivity contribution in [2.45, 2.75) is 52.4 Å². The highest BCUT2D eigenvalue weighted by atomic mass is 16.6. The van der Waals surface area contributed by atoms with Gasteiger partial charge < -0.3 is 15.7 Å². The van der Waals surface area contributed by atoms with Gasteiger partial charge in [-0.25, -0.2) is 10.2 Å². The Kier molecular flexibility index (Phi) is 7.99. The number of anilines is 1. The molecular weight excluding hydrogens is 438 g/mol. The van der Waals surface area contributed by atoms with Crippen LogP contribution in [0.5, 0.6) is 5.75 Å². The molecule has 0 fully saturated rings. The van der Waals surface area contributed by atoms with E-state index in [4.69, 9.17) is 0 Å². The number of amides is 3. The van der Waals surface area contributed by atoms with E-state index in [0.717, 1.165) is 11.1 Å². The summed E-state index contributed by atoms with van der Waals surface area (Å²) in [5.74, 6) is -0.309. The molecule has 0 atom stereocenters. The van der Waals surface area contributed by atoms with Crippen molar-refractivity contribution in [1.29, 1.82) is 0 Å². The zero-order chi connectivity index (χ0) is 25.7. The largest absolute Gasteiger partial charge is 0.507 e. The van der Waals surface area contributed by atoms with Gasteiger partial charge in [0.2, 0.25) is 0 Å². The minimum atomic E-state index is -0.692. The molecule has 0 spiro atoms. The van der Waals surface area contributed by atoms with Crippen molar-refractivity contribution >= 4 is 29.5 Å². The van der Waals surface area contributed by atoms with E-state index in [1.54, 1.807) is 0 Å². The molecule has 10 heteroatoms. The number of hydrazone groups is 1. The lowest BCUT2D eigenvalue weighted by Crippen LogP contribution is -2.37. The molecule has 3 amide bonds. The van der Waals surface area contributed by atoms with Gasteiger partial charge in [0.25, 0.3) is 11.6 Å². The Morgan fingerprint density at radius 2 is 1.65 bits per heavy atom. The Morgan fingerprint density at radius 3 is 2.18 bits per heavy atom. The summed E-state index contributed by atoms with van der Waals surface area (Å²) in [6.07, 6.45) is 1.48. The summed E-state index contributed by atoms with van der Waals surface area (Å²) in [5.41, 5.74) is 4.06. The number of carbonyl (C=O) groups excluding carboxylic acids is 2. The first-order chi connectivity index (χ1) is 15.7. The Morgan fingerprint density at radius 1 is 1.06 bits per heavy atom. The molecule has 0 radical (unpaired) electrons. The highest BCUT2D eigenvalue weighted by molar-refractivity contribution is 5.92. The van der Waals surface area contributed by atoms with Gasteiger partial charge in [-0.15, -0.1) is 0 Å². The summed E-state index contributed by atoms with van der Waals surface area (Å²) in [4.78, 5) is 34.2. The zero-order valence-electron chi connectivity index (χ0n) is 20.2. The van der Waals surface area contributed by atoms with Crippen molar-refractivity contribution in [3.8, 4) is 5.75 Å². The summed E-state index contributed by atoms with van der Waals surface area (Å²) < 4.78 is 0. The zero-order valence-corrected chi connectivity index (χ0v) is 20.2. The van der Waals surface area contributed by atoms with Crippen LogP contribution in [0.25, 0.3) is 0 Å². The van der Waals surface area contributed by atoms with Crippen LogP contribution in [0.3, 0.4) is 0 Å². The highest BCUT2D eigenvalue weighted by Crippen LogP contribution is 2.39. The maximum atomic E-state index is 12.0. The van der Waals surface area contributed by atoms with Gasteiger partial charge in [0.05, 0.1) is 11.1 Å². The normalized spacial score (nSPS) is 11.8. The minimum absolute atomic E-state index is 0.164. The predicted octanol–water partition coefficient (Wildman–Crippen LogP) is 4.17. The quantitative estimate of drug-likeness (QED) is 0.285. The van der Waals surface area contributed by atoms with Crippen LogP contribution in [-0.4, -0.2) is 34.7 Å². The number of benzene rings is 2. The molecule has 34 heavy (non-hydrogen) atoms. The fourth-order valence-electron chi connectivity index (χ4n) is 3.13. The third kappa shape index (κ3) is 7.29. The number of nitrogens with one attached hydrogen (secondary N) is 3. The van der Waals surface area contributed by atoms with E-state index in [2.05, 4.69) is 21.2 Å². The standard InChI is InChI=1S/C24H31N5O5/c1-23(2,3)18-10-15(11-19(21(18)31)24(4,5)6)13-26-28-20(30)14-25-22(32)27-16-8-7-9-17(12-16)29(33)34/h7-13,31H,14H2,1-6H3,(H,28,30)(H2,25,27,32)/b26-13-. The monoisotopic (exact) mass is 469 g/mol. The number of nitrogens with zero attached hydrogens (tertiary/aromatic N) is 2. The molecule has 4 N–H and O–H groups in total. The maximum Gasteiger partial charge on any atom is 0.319 e. The Hall–Kier alpha value is -3.95. The fraction of sp³-hybridized carbons (Fsp3) is 0.375. The topological polar surface area (TPSA) is 146 Å². The molecule has 2 rings (SSSR count). The molecule has 2 aromatic rings. The van der Waals surface area contributed by atoms with Gasteiger partial charge in [0.1, 0.15) is 12.3 Å². The average Bonchev–Trinajstić information content (AvgIpc) is 2.71. The first-order valence-electron chi connectivity index (χ1n) is 10.7. The SMILES string of the molecule is CC(C)(C)c1cc(/C=N\NC(=O)CNC(=O)Nc2cccc([N+](=O)[O-])c2)cc(C(C)(C)C)c1O. The van der Waals surface area contributed by atoms with Gasteiger partial charge in [0, 0.05) is 28.9 Å². The van der Waals surface area contributed by atoms with Gasteiger partial charge in [-0.05, 0) is 34.6 Å². The Balaban J connectivity index is 2.00. The summed E-state index contributed by atoms with van der Waals surface area (Å²) in [6, 6.07) is 8.40. The summed E-state index contributed by atoms with van der Waals surface area (Å²) in [6.45, 7) is 11.7. The first-order valence-corrected chi connectivity index (χ1v) is 10.7. The molecule has 0 unspecified atom stereocenters. The van der Waals surface area contributed by atoms with Crippen LogP contribution in [0.4, 0.5) is 16.2 Å². The van der Waals surface area contributed by atoms with Crippen LogP contribution in [-0.2, 0) is 15.6 Å². The van der Waals surface area contributed by atoms with Crippen LogP contribution in [0.2, 0.25) is 0 Å². The van der Waals surface area contributed by atoms with Crippen LogP contribution in [0, 0.1) is 10.1 Å². The van der Waals surface area contributed by atoms with Gasteiger partial charge >= 0.3 is 6.03 Å². The van der Waals surface area contributed by atoms with E-state index in [1.807, 2.05) is 53.7 Å². The lowest BCUT2D eigenvalue weighted by Gasteiger charge is -2.27. The molecule has 0 saturated heterocycles. The third-order valence-corrected chi connectivity index (χ3v) is 4.88. The van der Waals surface area contributed by atoms with E-state index in [9.17, 15) is 24.8 Å². The predicted molar refractivity (Wildman–Crippen MR) is 131 cm³/mol. The van der Waals surface area contributed by atoms with Crippen LogP contribution >= 0.6 is 0 Å². The lowest BCUT2D eigenvalue weighted by molar-refractivity contribution is -0.384. The minimum Gasteiger partial charge on any atom is -0.507 e. The number of aromatic hydroxyl groups is 1. The van der Waals surface area contributed by atoms with Gasteiger partial charge in [-0.2, -0.15) is 5.10 Å². The second kappa shape index (κ2) is 10.3. The Labute approximate surface area is 198 Å². The second-order valence-corrected chi connectivity index (χ2v) is 9.87. The van der Waals surface area contributed by atoms with Crippen molar-refractivity contribution in [2.75, 3.05) is 11.9 Å². The molecular formula is C24H31N5O5. The van der Waals surface area contributed by atoms with Crippen molar-refractivity contribution in [1.82, 2.24) is 10.7 Å². The molecule has 0 aliphatic heterocycles. The Bertz CT molecular complexity index is 1080. The van der Waals surface area contributed by atoms with Gasteiger partial charge in [-0.3, -0.25) is 14.9 Å². The molecule has 182 valence electrons. The van der Waals surface area contributed by atoms with Crippen molar-refractivity contribution in [3.63, 3.8) is 0 Å². The van der Waals surface area contributed by atoms with Gasteiger partial charge in [-0.1, -0.05) is 47.6 Å². The number of carbonyl (C=O) groups is 2. The molecule has 0 bridgehead atoms. The summed E-state index contributed by atoms with van der Waals surface area (Å²) >= 11 is 0. The number of rotatable bonds is 6. The van der Waals surface area contributed by atoms with E-state index in [-0.39, 0.29) is 34.5 Å². The first kappa shape index (κ1) is 26.3. The van der Waals surface area contributed by atoms with Crippen LogP contribution < -0.4 is 16.1 Å². The fourth-order valence-corrected chi connectivity index (χ4v) is 3.13. The molecule has 2 aromatic carbocycles. The molecule has 0 heterocycles. The van der Waals surface area contributed by atoms with Crippen LogP contribution in [0.15, 0.2) is 41.5 Å². The van der Waals surface area contributed by atoms with E-state index < -0.39 is 16.9 Å². The van der Waals surface area contributed by atoms with E-state index >= 15 is 0 Å². The van der Waals surface area contributed by atoms with E-state index in [0.29, 0.717) is 5.56 Å². The van der Waals surface area contributed by atoms with Crippen molar-refractivity contribution in [3.05, 3.63) is 63.2 Å². The molecule has 0 aromatic heterocycles.